The van der Waals surface area contributed by atoms with Gasteiger partial charge in [-0.15, -0.1) is 0 Å². The number of hydrogen-bond donors (Lipinski definition) is 2. The highest BCUT2D eigenvalue weighted by Gasteiger charge is 2.25. The molecule has 4 nitrogen and oxygen atoms in total. The van der Waals surface area contributed by atoms with Gasteiger partial charge in [-0.25, -0.2) is 0 Å². The van der Waals surface area contributed by atoms with Crippen LogP contribution in [0.15, 0.2) is 37.7 Å². The molecule has 0 unspecified atom stereocenters. The first kappa shape index (κ1) is 16.5. The quantitative estimate of drug-likeness (QED) is 0.555. The van der Waals surface area contributed by atoms with Crippen molar-refractivity contribution in [2.45, 2.75) is 0 Å². The van der Waals surface area contributed by atoms with Crippen LogP contribution in [0.4, 0.5) is 5.69 Å². The van der Waals surface area contributed by atoms with Crippen LogP contribution in [-0.4, -0.2) is 18.1 Å². The molecule has 7 heteroatoms. The molecule has 23 heavy (non-hydrogen) atoms. The van der Waals surface area contributed by atoms with E-state index >= 15 is 0 Å². The predicted octanol–water partition coefficient (Wildman–Crippen LogP) is 5.18. The van der Waals surface area contributed by atoms with E-state index in [-0.39, 0.29) is 11.7 Å². The number of amides is 1. The maximum absolute atomic E-state index is 12.3. The van der Waals surface area contributed by atoms with Crippen molar-refractivity contribution in [3.05, 3.63) is 48.8 Å². The Morgan fingerprint density at radius 3 is 2.61 bits per heavy atom. The number of methoxy groups -OCH3 is 1. The maximum Gasteiger partial charge on any atom is 0.256 e. The topological polar surface area (TPSA) is 58.6 Å². The second-order valence-electron chi connectivity index (χ2n) is 4.85. The van der Waals surface area contributed by atoms with Gasteiger partial charge in [-0.1, -0.05) is 15.9 Å². The lowest BCUT2D eigenvalue weighted by molar-refractivity contribution is -0.110. The number of nitrogens with one attached hydrogen (secondary N) is 1. The number of carbonyl (C=O) groups is 1. The minimum atomic E-state index is -0.173. The summed E-state index contributed by atoms with van der Waals surface area (Å²) in [5, 5.41) is 12.8. The van der Waals surface area contributed by atoms with E-state index in [4.69, 9.17) is 4.74 Å². The molecule has 0 bridgehead atoms. The predicted molar refractivity (Wildman–Crippen MR) is 101 cm³/mol. The molecule has 0 aromatic heterocycles. The molecular formula is C16H10Br3NO3. The molecule has 2 N–H and O–H groups in total. The third-order valence-corrected chi connectivity index (χ3v) is 6.11. The molecule has 0 saturated carbocycles. The van der Waals surface area contributed by atoms with Crippen molar-refractivity contribution in [1.82, 2.24) is 0 Å². The van der Waals surface area contributed by atoms with Crippen molar-refractivity contribution >= 4 is 71.0 Å². The van der Waals surface area contributed by atoms with Gasteiger partial charge in [-0.3, -0.25) is 4.79 Å². The molecule has 3 rings (SSSR count). The van der Waals surface area contributed by atoms with E-state index in [2.05, 4.69) is 53.1 Å². The number of phenolic OH excluding ortho intramolecular Hbond substituents is 1. The summed E-state index contributed by atoms with van der Waals surface area (Å²) < 4.78 is 7.16. The molecule has 1 aliphatic heterocycles. The van der Waals surface area contributed by atoms with Crippen LogP contribution in [0.1, 0.15) is 11.1 Å². The van der Waals surface area contributed by atoms with E-state index < -0.39 is 0 Å². The number of halogens is 3. The Hall–Kier alpha value is -1.31. The first-order chi connectivity index (χ1) is 10.9. The summed E-state index contributed by atoms with van der Waals surface area (Å²) in [6.07, 6.45) is 1.75. The van der Waals surface area contributed by atoms with Gasteiger partial charge in [0.25, 0.3) is 5.91 Å². The van der Waals surface area contributed by atoms with Crippen molar-refractivity contribution in [2.75, 3.05) is 12.4 Å². The average molecular weight is 504 g/mol. The number of phenols is 1. The largest absolute Gasteiger partial charge is 0.503 e. The van der Waals surface area contributed by atoms with Crippen LogP contribution in [0, 0.1) is 0 Å². The molecular weight excluding hydrogens is 494 g/mol. The minimum Gasteiger partial charge on any atom is -0.503 e. The third-order valence-electron chi connectivity index (χ3n) is 3.46. The summed E-state index contributed by atoms with van der Waals surface area (Å²) in [6.45, 7) is 0. The lowest BCUT2D eigenvalue weighted by atomic mass is 10.0. The lowest BCUT2D eigenvalue weighted by Crippen LogP contribution is -2.03. The lowest BCUT2D eigenvalue weighted by Gasteiger charge is -2.10. The van der Waals surface area contributed by atoms with Crippen molar-refractivity contribution in [3.8, 4) is 11.5 Å². The number of ether oxygens (including phenoxy) is 1. The molecule has 1 heterocycles. The molecule has 0 atom stereocenters. The minimum absolute atomic E-state index is 0.000503. The summed E-state index contributed by atoms with van der Waals surface area (Å²) in [5.41, 5.74) is 2.84. The molecule has 0 radical (unpaired) electrons. The fraction of sp³-hybridized carbons (Fsp3) is 0.0625. The van der Waals surface area contributed by atoms with E-state index in [1.807, 2.05) is 18.2 Å². The first-order valence-electron chi connectivity index (χ1n) is 6.50. The Kier molecular flexibility index (Phi) is 4.53. The summed E-state index contributed by atoms with van der Waals surface area (Å²) in [7, 11) is 1.47. The van der Waals surface area contributed by atoms with Gasteiger partial charge in [-0.2, -0.15) is 0 Å². The third kappa shape index (κ3) is 2.93. The molecule has 0 fully saturated rings. The van der Waals surface area contributed by atoms with Crippen molar-refractivity contribution in [3.63, 3.8) is 0 Å². The van der Waals surface area contributed by atoms with Crippen LogP contribution < -0.4 is 10.1 Å². The fourth-order valence-electron chi connectivity index (χ4n) is 2.33. The molecule has 1 amide bonds. The molecule has 0 aliphatic carbocycles. The van der Waals surface area contributed by atoms with Crippen LogP contribution in [0.25, 0.3) is 11.6 Å². The molecule has 2 aromatic rings. The Labute approximate surface area is 157 Å². The zero-order chi connectivity index (χ0) is 16.7. The summed E-state index contributed by atoms with van der Waals surface area (Å²) in [4.78, 5) is 12.3. The van der Waals surface area contributed by atoms with Gasteiger partial charge >= 0.3 is 0 Å². The first-order valence-corrected chi connectivity index (χ1v) is 8.88. The Morgan fingerprint density at radius 1 is 1.17 bits per heavy atom. The van der Waals surface area contributed by atoms with Gasteiger partial charge in [-0.05, 0) is 67.8 Å². The normalized spacial score (nSPS) is 14.8. The van der Waals surface area contributed by atoms with Crippen LogP contribution in [-0.2, 0) is 4.79 Å². The smallest absolute Gasteiger partial charge is 0.256 e. The zero-order valence-electron chi connectivity index (χ0n) is 11.8. The van der Waals surface area contributed by atoms with Crippen LogP contribution in [0.2, 0.25) is 0 Å². The highest BCUT2D eigenvalue weighted by atomic mass is 79.9. The van der Waals surface area contributed by atoms with Gasteiger partial charge in [0.2, 0.25) is 0 Å². The van der Waals surface area contributed by atoms with Gasteiger partial charge in [0.05, 0.1) is 11.6 Å². The molecule has 2 aromatic carbocycles. The Bertz CT molecular complexity index is 862. The van der Waals surface area contributed by atoms with E-state index in [9.17, 15) is 9.90 Å². The molecule has 118 valence electrons. The van der Waals surface area contributed by atoms with Crippen LogP contribution in [0.3, 0.4) is 0 Å². The van der Waals surface area contributed by atoms with Crippen LogP contribution in [0.5, 0.6) is 11.5 Å². The van der Waals surface area contributed by atoms with Gasteiger partial charge in [0, 0.05) is 25.8 Å². The summed E-state index contributed by atoms with van der Waals surface area (Å²) >= 11 is 10.2. The van der Waals surface area contributed by atoms with E-state index in [1.165, 1.54) is 7.11 Å². The molecule has 1 aliphatic rings. The highest BCUT2D eigenvalue weighted by Crippen LogP contribution is 2.43. The Morgan fingerprint density at radius 2 is 1.91 bits per heavy atom. The highest BCUT2D eigenvalue weighted by molar-refractivity contribution is 9.13. The molecule has 0 spiro atoms. The molecule has 0 saturated heterocycles. The number of hydrogen-bond acceptors (Lipinski definition) is 3. The summed E-state index contributed by atoms with van der Waals surface area (Å²) in [6, 6.07) is 7.28. The second-order valence-corrected chi connectivity index (χ2v) is 7.35. The monoisotopic (exact) mass is 501 g/mol. The fourth-order valence-corrected chi connectivity index (χ4v) is 3.53. The SMILES string of the molecule is COc1cc(/C=C2\C(=O)Nc3ccc(Br)cc32)c(Br)c(Br)c1O. The number of fused-ring (bicyclic) bond motifs is 1. The Balaban J connectivity index is 2.19. The number of aromatic hydroxyl groups is 1. The zero-order valence-corrected chi connectivity index (χ0v) is 16.5. The number of anilines is 1. The van der Waals surface area contributed by atoms with E-state index in [0.717, 1.165) is 15.7 Å². The average Bonchev–Trinajstić information content (AvgIpc) is 2.83. The number of benzene rings is 2. The maximum atomic E-state index is 12.3. The van der Waals surface area contributed by atoms with Crippen molar-refractivity contribution in [1.29, 1.82) is 0 Å². The summed E-state index contributed by atoms with van der Waals surface area (Å²) in [5.74, 6) is 0.147. The standard InChI is InChI=1S/C16H10Br3NO3/c1-23-12-5-7(13(18)14(19)15(12)21)4-10-9-6-8(17)2-3-11(9)20-16(10)22/h2-6,21H,1H3,(H,20,22)/b10-4-. The van der Waals surface area contributed by atoms with Gasteiger partial charge < -0.3 is 15.2 Å². The van der Waals surface area contributed by atoms with E-state index in [0.29, 0.717) is 25.8 Å². The second kappa shape index (κ2) is 6.30. The number of rotatable bonds is 2. The van der Waals surface area contributed by atoms with Crippen molar-refractivity contribution in [2.24, 2.45) is 0 Å². The number of carbonyl (C=O) groups excluding carboxylic acids is 1. The van der Waals surface area contributed by atoms with Gasteiger partial charge in [0.1, 0.15) is 0 Å². The van der Waals surface area contributed by atoms with Crippen molar-refractivity contribution < 1.29 is 14.6 Å². The van der Waals surface area contributed by atoms with E-state index in [1.54, 1.807) is 12.1 Å². The van der Waals surface area contributed by atoms with Gasteiger partial charge in [0.15, 0.2) is 11.5 Å². The van der Waals surface area contributed by atoms with Crippen LogP contribution >= 0.6 is 47.8 Å².